The molecule has 0 aromatic heterocycles. The molecule has 16 nitrogen and oxygen atoms in total. The molecule has 4 heterocycles. The normalized spacial score (nSPS) is 15.7. The number of hydrogen-bond acceptors (Lipinski definition) is 12. The minimum absolute atomic E-state index is 0.00117. The van der Waals surface area contributed by atoms with E-state index in [1.54, 1.807) is 113 Å². The van der Waals surface area contributed by atoms with Crippen LogP contribution in [0.2, 0.25) is 0 Å². The van der Waals surface area contributed by atoms with Gasteiger partial charge in [0.05, 0.1) is 67.3 Å². The summed E-state index contributed by atoms with van der Waals surface area (Å²) in [7, 11) is 2.29. The Bertz CT molecular complexity index is 4170. The van der Waals surface area contributed by atoms with Crippen LogP contribution in [0.3, 0.4) is 0 Å². The fourth-order valence-corrected chi connectivity index (χ4v) is 9.84. The maximum Gasteiger partial charge on any atom is 0.330 e. The molecule has 24 heteroatoms. The van der Waals surface area contributed by atoms with E-state index in [2.05, 4.69) is 15.4 Å². The lowest BCUT2D eigenvalue weighted by Gasteiger charge is -2.33. The largest absolute Gasteiger partial charge is 0.478 e. The number of para-hydroxylation sites is 3. The van der Waals surface area contributed by atoms with Crippen LogP contribution in [0, 0.1) is 46.5 Å². The maximum absolute atomic E-state index is 14.6. The Morgan fingerprint density at radius 1 is 0.596 bits per heavy atom. The summed E-state index contributed by atoms with van der Waals surface area (Å²) in [5.41, 5.74) is 4.10. The van der Waals surface area contributed by atoms with Gasteiger partial charge >= 0.3 is 11.9 Å². The van der Waals surface area contributed by atoms with E-state index in [1.807, 2.05) is 0 Å². The SMILES string of the molecule is CC1(C)C(=O)N(C(c2cccc(F)c2)[C@H](O)CO)c2c(F)cccc21.CC1(C)C(=O)Nc2c(F)cccc21.CO.COC(=O)/C=C/c1cccc(F)c1.O=C(O)/C=C/c1cccc(F)c1.O=C1Cc2cccc(F)c2N1.OC/C=C/c1cccc(F)c1.OC[C@H]1O[C@@H]1c1cccc(F)c1. The molecule has 0 spiro atoms. The number of carbonyl (C=O) groups excluding carboxylic acids is 4. The predicted octanol–water partition coefficient (Wildman–Crippen LogP) is 12.7. The maximum atomic E-state index is 14.6. The van der Waals surface area contributed by atoms with Crippen molar-refractivity contribution in [3.05, 3.63) is 285 Å². The number of hydrogen-bond donors (Lipinski definition) is 8. The van der Waals surface area contributed by atoms with Crippen molar-refractivity contribution < 1.29 is 99.2 Å². The van der Waals surface area contributed by atoms with Gasteiger partial charge in [-0.15, -0.1) is 0 Å². The van der Waals surface area contributed by atoms with Crippen LogP contribution in [0.15, 0.2) is 194 Å². The van der Waals surface area contributed by atoms with Crippen molar-refractivity contribution in [2.24, 2.45) is 0 Å². The number of aliphatic hydroxyl groups excluding tert-OH is 5. The number of halogens is 8. The first-order valence-electron chi connectivity index (χ1n) is 30.2. The quantitative estimate of drug-likeness (QED) is 0.0245. The molecule has 522 valence electrons. The predicted molar refractivity (Wildman–Crippen MR) is 358 cm³/mol. The van der Waals surface area contributed by atoms with Crippen molar-refractivity contribution >= 4 is 65.0 Å². The summed E-state index contributed by atoms with van der Waals surface area (Å²) in [5.74, 6) is -5.30. The minimum Gasteiger partial charge on any atom is -0.478 e. The highest BCUT2D eigenvalue weighted by molar-refractivity contribution is 6.08. The second-order valence-electron chi connectivity index (χ2n) is 22.5. The van der Waals surface area contributed by atoms with E-state index in [9.17, 15) is 69.3 Å². The number of carboxylic acid groups (broad SMARTS) is 1. The third-order valence-electron chi connectivity index (χ3n) is 14.8. The van der Waals surface area contributed by atoms with Gasteiger partial charge in [0.1, 0.15) is 64.8 Å². The van der Waals surface area contributed by atoms with Crippen molar-refractivity contribution in [1.29, 1.82) is 0 Å². The van der Waals surface area contributed by atoms with Crippen molar-refractivity contribution in [3.63, 3.8) is 0 Å². The van der Waals surface area contributed by atoms with Crippen LogP contribution in [0.1, 0.15) is 84.3 Å². The molecule has 99 heavy (non-hydrogen) atoms. The van der Waals surface area contributed by atoms with Crippen LogP contribution >= 0.6 is 0 Å². The van der Waals surface area contributed by atoms with Gasteiger partial charge in [-0.2, -0.15) is 0 Å². The Morgan fingerprint density at radius 3 is 1.57 bits per heavy atom. The van der Waals surface area contributed by atoms with Crippen LogP contribution in [0.4, 0.5) is 52.2 Å². The first-order chi connectivity index (χ1) is 47.1. The zero-order chi connectivity index (χ0) is 73.1. The number of rotatable bonds is 12. The first-order valence-corrected chi connectivity index (χ1v) is 30.2. The van der Waals surface area contributed by atoms with Gasteiger partial charge in [-0.25, -0.2) is 44.7 Å². The van der Waals surface area contributed by atoms with Crippen LogP contribution in [-0.2, 0) is 50.7 Å². The smallest absolute Gasteiger partial charge is 0.330 e. The summed E-state index contributed by atoms with van der Waals surface area (Å²) in [5, 5.41) is 57.2. The van der Waals surface area contributed by atoms with Crippen molar-refractivity contribution in [2.75, 3.05) is 49.6 Å². The van der Waals surface area contributed by atoms with Crippen LogP contribution in [-0.4, -0.2) is 107 Å². The number of carbonyl (C=O) groups is 5. The molecule has 8 aromatic carbocycles. The highest BCUT2D eigenvalue weighted by Gasteiger charge is 2.50. The molecule has 0 bridgehead atoms. The molecule has 8 aromatic rings. The second kappa shape index (κ2) is 37.9. The number of fused-ring (bicyclic) bond motifs is 3. The highest BCUT2D eigenvalue weighted by atomic mass is 19.2. The van der Waals surface area contributed by atoms with Gasteiger partial charge in [-0.05, 0) is 163 Å². The third kappa shape index (κ3) is 22.8. The van der Waals surface area contributed by atoms with Gasteiger partial charge in [0.2, 0.25) is 17.7 Å². The molecule has 1 fully saturated rings. The second-order valence-corrected chi connectivity index (χ2v) is 22.5. The van der Waals surface area contributed by atoms with E-state index >= 15 is 0 Å². The third-order valence-corrected chi connectivity index (χ3v) is 14.8. The van der Waals surface area contributed by atoms with E-state index in [4.69, 9.17) is 25.2 Å². The Labute approximate surface area is 566 Å². The number of amides is 3. The average Bonchev–Trinajstić information content (AvgIpc) is 2.03. The lowest BCUT2D eigenvalue weighted by molar-refractivity contribution is -0.135. The van der Waals surface area contributed by atoms with Gasteiger partial charge in [-0.3, -0.25) is 19.3 Å². The number of epoxide rings is 1. The molecule has 1 unspecified atom stereocenters. The first kappa shape index (κ1) is 79.2. The van der Waals surface area contributed by atoms with Gasteiger partial charge in [0, 0.05) is 19.3 Å². The summed E-state index contributed by atoms with van der Waals surface area (Å²) in [4.78, 5) is 57.1. The summed E-state index contributed by atoms with van der Waals surface area (Å²) in [6.07, 6.45) is 6.94. The number of benzene rings is 8. The van der Waals surface area contributed by atoms with E-state index < -0.39 is 59.1 Å². The lowest BCUT2D eigenvalue weighted by Crippen LogP contribution is -2.44. The van der Waals surface area contributed by atoms with E-state index in [-0.39, 0.29) is 83.4 Å². The zero-order valence-electron chi connectivity index (χ0n) is 54.4. The Hall–Kier alpha value is -10.5. The monoisotopic (exact) mass is 1380 g/mol. The summed E-state index contributed by atoms with van der Waals surface area (Å²) in [6, 6.07) is 42.2. The molecule has 4 aliphatic rings. The van der Waals surface area contributed by atoms with E-state index in [0.717, 1.165) is 40.3 Å². The number of carboxylic acids is 1. The Kier molecular flexibility index (Phi) is 30.3. The molecule has 8 N–H and O–H groups in total. The molecule has 1 saturated heterocycles. The molecular formula is C75H73F8N3O13. The Balaban J connectivity index is 0.000000212. The minimum atomic E-state index is -1.40. The zero-order valence-corrected chi connectivity index (χ0v) is 54.4. The van der Waals surface area contributed by atoms with Gasteiger partial charge in [-0.1, -0.05) is 109 Å². The number of aliphatic hydroxyl groups is 5. The van der Waals surface area contributed by atoms with E-state index in [1.165, 1.54) is 128 Å². The summed E-state index contributed by atoms with van der Waals surface area (Å²) < 4.78 is 114. The molecule has 12 rings (SSSR count). The molecule has 0 radical (unpaired) electrons. The van der Waals surface area contributed by atoms with Crippen LogP contribution < -0.4 is 15.5 Å². The fraction of sp³-hybridized carbons (Fsp3) is 0.213. The van der Waals surface area contributed by atoms with Crippen molar-refractivity contribution in [2.45, 2.75) is 69.3 Å². The summed E-state index contributed by atoms with van der Waals surface area (Å²) in [6.45, 7) is 6.23. The van der Waals surface area contributed by atoms with Gasteiger partial charge in [0.25, 0.3) is 0 Å². The number of nitrogens with zero attached hydrogens (tertiary/aromatic N) is 1. The number of nitrogens with one attached hydrogen (secondary N) is 2. The Morgan fingerprint density at radius 2 is 1.08 bits per heavy atom. The molecule has 0 aliphatic carbocycles. The fourth-order valence-electron chi connectivity index (χ4n) is 9.84. The average molecular weight is 1380 g/mol. The number of esters is 1. The summed E-state index contributed by atoms with van der Waals surface area (Å²) >= 11 is 0. The van der Waals surface area contributed by atoms with E-state index in [0.29, 0.717) is 34.5 Å². The number of methoxy groups -OCH3 is 1. The highest BCUT2D eigenvalue weighted by Crippen LogP contribution is 2.48. The topological polar surface area (TPSA) is 256 Å². The number of aliphatic carboxylic acids is 1. The van der Waals surface area contributed by atoms with Gasteiger partial charge in [0.15, 0.2) is 0 Å². The van der Waals surface area contributed by atoms with Crippen LogP contribution in [0.25, 0.3) is 18.2 Å². The molecule has 3 amide bonds. The van der Waals surface area contributed by atoms with Crippen LogP contribution in [0.5, 0.6) is 0 Å². The molecule has 4 atom stereocenters. The lowest BCUT2D eigenvalue weighted by atomic mass is 9.86. The molecule has 4 aliphatic heterocycles. The number of ether oxygens (including phenoxy) is 2. The number of anilines is 3. The molecular weight excluding hydrogens is 1300 g/mol. The van der Waals surface area contributed by atoms with Gasteiger partial charge < -0.3 is 50.7 Å². The standard InChI is InChI=1S/C19H19F2NO3.C10H10FNO.C10H9FO2.C9H9FO2.C9H7FO2.C9H9FO.C8H6FNO.CH4O/c1-19(2)13-7-4-8-14(21)17(13)22(18(19)25)16(15(24)10-23)11-5-3-6-12(20)9-11;1-10(2)6-4-3-5-7(11)8(6)12-9(10)13;1-13-10(12)6-5-8-3-2-4-9(11)7-8;10-7-3-1-2-6(4-7)9-8(5-11)12-9;10-8-3-1-2-7(6-8)4-5-9(11)12;10-9-5-1-3-8(7-9)4-2-6-11;9-6-3-1-2-5-4-7(11)10-8(5)6;1-2/h3-9,15-16,23-24H,10H2,1-2H3;3-5H,1-2H3,(H,12,13);2-7H,1H3;1-4,8-9,11H,5H2;1-6H,(H,11,12);1-5,7,11H,6H2;1-3H,4H2,(H,10,11);2H,1H3/b;;6-5+;;5-4+;4-2+;;/t15-,16?;;;8-,9-;;;;/m1..1..../s1. The van der Waals surface area contributed by atoms with Crippen molar-refractivity contribution in [3.8, 4) is 0 Å². The van der Waals surface area contributed by atoms with Crippen molar-refractivity contribution in [1.82, 2.24) is 0 Å². The molecule has 0 saturated carbocycles.